The predicted molar refractivity (Wildman–Crippen MR) is 124 cm³/mol. The van der Waals surface area contributed by atoms with Crippen LogP contribution in [0, 0.1) is 11.8 Å². The van der Waals surface area contributed by atoms with Gasteiger partial charge in [0.1, 0.15) is 5.71 Å². The minimum atomic E-state index is -0.823. The van der Waals surface area contributed by atoms with E-state index in [-0.39, 0.29) is 18.0 Å². The molecule has 2 aliphatic heterocycles. The van der Waals surface area contributed by atoms with Crippen LogP contribution >= 0.6 is 0 Å². The molecule has 32 heavy (non-hydrogen) atoms. The van der Waals surface area contributed by atoms with Crippen molar-refractivity contribution in [2.24, 2.45) is 21.9 Å². The number of carboxylic acid groups (broad SMARTS) is 1. The average Bonchev–Trinajstić information content (AvgIpc) is 2.79. The first-order valence-electron chi connectivity index (χ1n) is 11.1. The van der Waals surface area contributed by atoms with Crippen molar-refractivity contribution in [3.63, 3.8) is 0 Å². The number of rotatable bonds is 8. The number of likely N-dealkylation sites (tertiary alicyclic amines) is 1. The molecule has 1 amide bonds. The fourth-order valence-electron chi connectivity index (χ4n) is 4.10. The third-order valence-corrected chi connectivity index (χ3v) is 6.03. The molecule has 166 valence electrons. The molecule has 2 aromatic carbocycles. The van der Waals surface area contributed by atoms with E-state index in [4.69, 9.17) is 5.11 Å². The molecule has 2 aromatic rings. The van der Waals surface area contributed by atoms with Crippen LogP contribution in [0.5, 0.6) is 0 Å². The topological polar surface area (TPSA) is 94.4 Å². The van der Waals surface area contributed by atoms with Crippen molar-refractivity contribution < 1.29 is 14.7 Å². The number of nitrogens with one attached hydrogen (secondary N) is 1. The minimum absolute atomic E-state index is 0.0646. The summed E-state index contributed by atoms with van der Waals surface area (Å²) in [6.07, 6.45) is 3.91. The molecule has 0 bridgehead atoms. The standard InChI is InChI=1S/C25H28N4O3/c1-2-6-20(24(30)29-15-21(16-29)25(31)32)13-17-9-11-19(12-10-17)23-26-14-22(27-28-23)18-7-4-3-5-8-18/h3-5,7-12,14,20-21,23,28H,2,6,13,15-16H2,1H3,(H,31,32). The van der Waals surface area contributed by atoms with Gasteiger partial charge in [-0.15, -0.1) is 0 Å². The number of benzene rings is 2. The van der Waals surface area contributed by atoms with Gasteiger partial charge in [-0.1, -0.05) is 67.9 Å². The Kier molecular flexibility index (Phi) is 6.63. The van der Waals surface area contributed by atoms with Crippen LogP contribution in [0.1, 0.15) is 42.6 Å². The van der Waals surface area contributed by atoms with E-state index < -0.39 is 11.9 Å². The zero-order valence-electron chi connectivity index (χ0n) is 18.1. The predicted octanol–water partition coefficient (Wildman–Crippen LogP) is 3.27. The molecular weight excluding hydrogens is 404 g/mol. The van der Waals surface area contributed by atoms with Gasteiger partial charge < -0.3 is 10.0 Å². The van der Waals surface area contributed by atoms with Crippen LogP contribution in [0.3, 0.4) is 0 Å². The van der Waals surface area contributed by atoms with Gasteiger partial charge in [-0.3, -0.25) is 20.0 Å². The Bertz CT molecular complexity index is 1010. The number of nitrogens with zero attached hydrogens (tertiary/aromatic N) is 3. The van der Waals surface area contributed by atoms with Gasteiger partial charge >= 0.3 is 5.97 Å². The van der Waals surface area contributed by atoms with Gasteiger partial charge in [-0.25, -0.2) is 0 Å². The lowest BCUT2D eigenvalue weighted by atomic mass is 9.90. The first-order chi connectivity index (χ1) is 15.5. The first-order valence-corrected chi connectivity index (χ1v) is 11.1. The highest BCUT2D eigenvalue weighted by atomic mass is 16.4. The van der Waals surface area contributed by atoms with Crippen molar-refractivity contribution in [3.05, 3.63) is 71.3 Å². The molecule has 7 nitrogen and oxygen atoms in total. The van der Waals surface area contributed by atoms with Gasteiger partial charge in [0.2, 0.25) is 5.91 Å². The molecule has 2 N–H and O–H groups in total. The van der Waals surface area contributed by atoms with Crippen molar-refractivity contribution in [2.75, 3.05) is 13.1 Å². The van der Waals surface area contributed by atoms with E-state index in [2.05, 4.69) is 22.4 Å². The van der Waals surface area contributed by atoms with E-state index in [0.29, 0.717) is 19.5 Å². The van der Waals surface area contributed by atoms with Crippen LogP contribution in [0.4, 0.5) is 0 Å². The summed E-state index contributed by atoms with van der Waals surface area (Å²) in [4.78, 5) is 30.1. The average molecular weight is 433 g/mol. The van der Waals surface area contributed by atoms with Gasteiger partial charge in [0, 0.05) is 24.6 Å². The Morgan fingerprint density at radius 2 is 1.84 bits per heavy atom. The highest BCUT2D eigenvalue weighted by Crippen LogP contribution is 2.24. The zero-order valence-corrected chi connectivity index (χ0v) is 18.1. The molecule has 0 aromatic heterocycles. The number of carboxylic acids is 1. The smallest absolute Gasteiger partial charge is 0.310 e. The van der Waals surface area contributed by atoms with Crippen LogP contribution < -0.4 is 5.43 Å². The molecule has 1 fully saturated rings. The Hall–Kier alpha value is -3.48. The number of hydrogen-bond acceptors (Lipinski definition) is 5. The molecule has 0 radical (unpaired) electrons. The maximum Gasteiger partial charge on any atom is 0.310 e. The molecule has 1 saturated heterocycles. The fraction of sp³-hybridized carbons (Fsp3) is 0.360. The molecule has 2 heterocycles. The first kappa shape index (κ1) is 21.7. The maximum absolute atomic E-state index is 12.8. The SMILES string of the molecule is CCCC(Cc1ccc(C2N=CC(c3ccccc3)=NN2)cc1)C(=O)N1CC(C(=O)O)C1. The van der Waals surface area contributed by atoms with Crippen LogP contribution in [0.25, 0.3) is 0 Å². The van der Waals surface area contributed by atoms with Gasteiger partial charge in [0.05, 0.1) is 12.1 Å². The Morgan fingerprint density at radius 3 is 2.44 bits per heavy atom. The largest absolute Gasteiger partial charge is 0.481 e. The third-order valence-electron chi connectivity index (χ3n) is 6.03. The van der Waals surface area contributed by atoms with Gasteiger partial charge in [-0.2, -0.15) is 5.10 Å². The second-order valence-electron chi connectivity index (χ2n) is 8.38. The van der Waals surface area contributed by atoms with E-state index in [1.165, 1.54) is 0 Å². The van der Waals surface area contributed by atoms with Crippen LogP contribution in [-0.2, 0) is 16.0 Å². The van der Waals surface area contributed by atoms with Crippen molar-refractivity contribution in [3.8, 4) is 0 Å². The summed E-state index contributed by atoms with van der Waals surface area (Å²) in [5.74, 6) is -1.30. The van der Waals surface area contributed by atoms with E-state index in [0.717, 1.165) is 35.2 Å². The quantitative estimate of drug-likeness (QED) is 0.669. The van der Waals surface area contributed by atoms with Crippen LogP contribution in [0.2, 0.25) is 0 Å². The number of amides is 1. The summed E-state index contributed by atoms with van der Waals surface area (Å²) in [5, 5.41) is 13.5. The van der Waals surface area contributed by atoms with Crippen molar-refractivity contribution in [1.82, 2.24) is 10.3 Å². The highest BCUT2D eigenvalue weighted by molar-refractivity contribution is 6.38. The summed E-state index contributed by atoms with van der Waals surface area (Å²) in [6.45, 7) is 2.71. The van der Waals surface area contributed by atoms with Gasteiger partial charge in [-0.05, 0) is 24.0 Å². The maximum atomic E-state index is 12.8. The lowest BCUT2D eigenvalue weighted by Crippen LogP contribution is -2.54. The fourth-order valence-corrected chi connectivity index (χ4v) is 4.10. The normalized spacial score (nSPS) is 19.0. The lowest BCUT2D eigenvalue weighted by molar-refractivity contribution is -0.154. The van der Waals surface area contributed by atoms with E-state index in [1.54, 1.807) is 11.1 Å². The molecule has 4 rings (SSSR count). The number of aliphatic imine (C=N–C) groups is 1. The number of carbonyl (C=O) groups excluding carboxylic acids is 1. The second kappa shape index (κ2) is 9.77. The molecule has 0 spiro atoms. The van der Waals surface area contributed by atoms with E-state index in [9.17, 15) is 9.59 Å². The van der Waals surface area contributed by atoms with E-state index in [1.807, 2.05) is 54.6 Å². The number of carbonyl (C=O) groups is 2. The van der Waals surface area contributed by atoms with Crippen molar-refractivity contribution >= 4 is 23.8 Å². The molecule has 2 atom stereocenters. The van der Waals surface area contributed by atoms with Crippen LogP contribution in [-0.4, -0.2) is 46.9 Å². The van der Waals surface area contributed by atoms with Gasteiger partial charge in [0.25, 0.3) is 0 Å². The lowest BCUT2D eigenvalue weighted by Gasteiger charge is -2.39. The van der Waals surface area contributed by atoms with Crippen LogP contribution in [0.15, 0.2) is 64.7 Å². The molecule has 0 saturated carbocycles. The number of aliphatic carboxylic acids is 1. The molecule has 2 aliphatic rings. The summed E-state index contributed by atoms with van der Waals surface area (Å²) < 4.78 is 0. The Labute approximate surface area is 187 Å². The zero-order chi connectivity index (χ0) is 22.5. The van der Waals surface area contributed by atoms with E-state index >= 15 is 0 Å². The molecular formula is C25H28N4O3. The summed E-state index contributed by atoms with van der Waals surface area (Å²) in [5.41, 5.74) is 7.02. The Balaban J connectivity index is 1.36. The monoisotopic (exact) mass is 432 g/mol. The molecule has 2 unspecified atom stereocenters. The number of hydrazone groups is 1. The molecule has 0 aliphatic carbocycles. The summed E-state index contributed by atoms with van der Waals surface area (Å²) >= 11 is 0. The number of hydrogen-bond donors (Lipinski definition) is 2. The minimum Gasteiger partial charge on any atom is -0.481 e. The molecule has 7 heteroatoms. The second-order valence-corrected chi connectivity index (χ2v) is 8.38. The highest BCUT2D eigenvalue weighted by Gasteiger charge is 2.37. The summed E-state index contributed by atoms with van der Waals surface area (Å²) in [6, 6.07) is 18.0. The third kappa shape index (κ3) is 4.88. The van der Waals surface area contributed by atoms with Crippen molar-refractivity contribution in [1.29, 1.82) is 0 Å². The van der Waals surface area contributed by atoms with Gasteiger partial charge in [0.15, 0.2) is 6.17 Å². The Morgan fingerprint density at radius 1 is 1.12 bits per heavy atom. The summed E-state index contributed by atoms with van der Waals surface area (Å²) in [7, 11) is 0. The van der Waals surface area contributed by atoms with Crippen molar-refractivity contribution in [2.45, 2.75) is 32.4 Å².